The molecule has 1 saturated heterocycles. The van der Waals surface area contributed by atoms with Crippen LogP contribution in [-0.2, 0) is 0 Å². The van der Waals surface area contributed by atoms with Crippen LogP contribution in [0, 0.1) is 0 Å². The van der Waals surface area contributed by atoms with Gasteiger partial charge in [0.2, 0.25) is 11.2 Å². The van der Waals surface area contributed by atoms with Gasteiger partial charge in [0, 0.05) is 13.1 Å². The van der Waals surface area contributed by atoms with Gasteiger partial charge in [0.1, 0.15) is 0 Å². The first-order chi connectivity index (χ1) is 9.78. The predicted octanol–water partition coefficient (Wildman–Crippen LogP) is 2.21. The summed E-state index contributed by atoms with van der Waals surface area (Å²) in [4.78, 5) is 14.6. The van der Waals surface area contributed by atoms with Gasteiger partial charge in [-0.2, -0.15) is 15.0 Å². The number of ether oxygens (including phenoxy) is 1. The van der Waals surface area contributed by atoms with E-state index in [-0.39, 0.29) is 11.3 Å². The minimum Gasteiger partial charge on any atom is -0.464 e. The maximum atomic E-state index is 5.84. The molecule has 2 heterocycles. The Morgan fingerprint density at radius 3 is 2.60 bits per heavy atom. The fraction of sp³-hybridized carbons (Fsp3) is 0.769. The number of hydrogen-bond donors (Lipinski definition) is 1. The van der Waals surface area contributed by atoms with Gasteiger partial charge in [-0.3, -0.25) is 0 Å². The third-order valence-corrected chi connectivity index (χ3v) is 3.44. The Kier molecular flexibility index (Phi) is 6.26. The van der Waals surface area contributed by atoms with Crippen LogP contribution in [0.3, 0.4) is 0 Å². The van der Waals surface area contributed by atoms with Crippen molar-refractivity contribution in [3.05, 3.63) is 5.28 Å². The molecule has 0 bridgehead atoms. The van der Waals surface area contributed by atoms with Gasteiger partial charge in [0.05, 0.1) is 6.61 Å². The van der Waals surface area contributed by atoms with Gasteiger partial charge in [0.25, 0.3) is 0 Å². The molecular weight excluding hydrogens is 278 g/mol. The monoisotopic (exact) mass is 299 g/mol. The highest BCUT2D eigenvalue weighted by Gasteiger charge is 2.09. The fourth-order valence-corrected chi connectivity index (χ4v) is 2.44. The number of nitrogens with one attached hydrogen (secondary N) is 1. The summed E-state index contributed by atoms with van der Waals surface area (Å²) in [6, 6.07) is 0.268. The summed E-state index contributed by atoms with van der Waals surface area (Å²) in [7, 11) is 0. The Labute approximate surface area is 124 Å². The largest absolute Gasteiger partial charge is 0.464 e. The van der Waals surface area contributed by atoms with Crippen molar-refractivity contribution in [1.29, 1.82) is 0 Å². The zero-order chi connectivity index (χ0) is 14.2. The molecule has 1 aromatic heterocycles. The second-order valence-electron chi connectivity index (χ2n) is 4.83. The first kappa shape index (κ1) is 15.3. The van der Waals surface area contributed by atoms with E-state index in [1.54, 1.807) is 0 Å². The van der Waals surface area contributed by atoms with Gasteiger partial charge >= 0.3 is 6.01 Å². The van der Waals surface area contributed by atoms with Crippen molar-refractivity contribution < 1.29 is 4.74 Å². The number of hydrogen-bond acceptors (Lipinski definition) is 6. The molecule has 0 radical (unpaired) electrons. The standard InChI is InChI=1S/C13H22ClN5O/c1-2-20-13-17-11(14)16-12(18-13)15-7-10-19-8-5-3-4-6-9-19/h2-10H2,1H3,(H,15,16,17,18). The van der Waals surface area contributed by atoms with Crippen LogP contribution < -0.4 is 10.1 Å². The lowest BCUT2D eigenvalue weighted by molar-refractivity contribution is 0.295. The average Bonchev–Trinajstić information content (AvgIpc) is 2.67. The molecular formula is C13H22ClN5O. The van der Waals surface area contributed by atoms with Gasteiger partial charge in [-0.1, -0.05) is 12.8 Å². The van der Waals surface area contributed by atoms with Gasteiger partial charge in [-0.15, -0.1) is 0 Å². The predicted molar refractivity (Wildman–Crippen MR) is 79.4 cm³/mol. The van der Waals surface area contributed by atoms with E-state index in [1.807, 2.05) is 6.92 Å². The lowest BCUT2D eigenvalue weighted by Crippen LogP contribution is -2.30. The number of rotatable bonds is 6. The molecule has 7 heteroatoms. The Morgan fingerprint density at radius 1 is 1.15 bits per heavy atom. The minimum absolute atomic E-state index is 0.153. The van der Waals surface area contributed by atoms with Crippen LogP contribution in [0.1, 0.15) is 32.6 Å². The zero-order valence-electron chi connectivity index (χ0n) is 11.9. The fourth-order valence-electron chi connectivity index (χ4n) is 2.29. The summed E-state index contributed by atoms with van der Waals surface area (Å²) in [6.07, 6.45) is 5.30. The number of halogens is 1. The van der Waals surface area contributed by atoms with Crippen LogP contribution in [0.15, 0.2) is 0 Å². The highest BCUT2D eigenvalue weighted by molar-refractivity contribution is 6.28. The maximum Gasteiger partial charge on any atom is 0.322 e. The molecule has 1 aliphatic rings. The molecule has 112 valence electrons. The molecule has 20 heavy (non-hydrogen) atoms. The molecule has 2 rings (SSSR count). The summed E-state index contributed by atoms with van der Waals surface area (Å²) in [6.45, 7) is 6.55. The normalized spacial score (nSPS) is 16.7. The lowest BCUT2D eigenvalue weighted by Gasteiger charge is -2.19. The van der Waals surface area contributed by atoms with E-state index in [1.165, 1.54) is 38.8 Å². The first-order valence-corrected chi connectivity index (χ1v) is 7.66. The second-order valence-corrected chi connectivity index (χ2v) is 5.16. The maximum absolute atomic E-state index is 5.84. The van der Waals surface area contributed by atoms with E-state index >= 15 is 0 Å². The van der Waals surface area contributed by atoms with Crippen LogP contribution in [-0.4, -0.2) is 52.6 Å². The smallest absolute Gasteiger partial charge is 0.322 e. The third-order valence-electron chi connectivity index (χ3n) is 3.27. The number of nitrogens with zero attached hydrogens (tertiary/aromatic N) is 4. The van der Waals surface area contributed by atoms with Gasteiger partial charge in [0.15, 0.2) is 0 Å². The highest BCUT2D eigenvalue weighted by atomic mass is 35.5. The van der Waals surface area contributed by atoms with Crippen molar-refractivity contribution >= 4 is 17.5 Å². The first-order valence-electron chi connectivity index (χ1n) is 7.28. The second kappa shape index (κ2) is 8.21. The number of anilines is 1. The molecule has 0 spiro atoms. The van der Waals surface area contributed by atoms with Crippen molar-refractivity contribution in [3.63, 3.8) is 0 Å². The van der Waals surface area contributed by atoms with Crippen molar-refractivity contribution in [2.45, 2.75) is 32.6 Å². The molecule has 0 amide bonds. The van der Waals surface area contributed by atoms with E-state index in [9.17, 15) is 0 Å². The number of likely N-dealkylation sites (tertiary alicyclic amines) is 1. The SMILES string of the molecule is CCOc1nc(Cl)nc(NCCN2CCCCCC2)n1. The lowest BCUT2D eigenvalue weighted by atomic mass is 10.2. The van der Waals surface area contributed by atoms with Crippen LogP contribution in [0.5, 0.6) is 6.01 Å². The van der Waals surface area contributed by atoms with Crippen molar-refractivity contribution in [1.82, 2.24) is 19.9 Å². The van der Waals surface area contributed by atoms with Crippen LogP contribution in [0.25, 0.3) is 0 Å². The summed E-state index contributed by atoms with van der Waals surface area (Å²) in [5.41, 5.74) is 0. The Bertz CT molecular complexity index is 410. The van der Waals surface area contributed by atoms with E-state index in [0.29, 0.717) is 12.6 Å². The van der Waals surface area contributed by atoms with Gasteiger partial charge < -0.3 is 15.0 Å². The van der Waals surface area contributed by atoms with E-state index in [0.717, 1.165) is 13.1 Å². The van der Waals surface area contributed by atoms with E-state index in [2.05, 4.69) is 25.2 Å². The van der Waals surface area contributed by atoms with Gasteiger partial charge in [-0.25, -0.2) is 0 Å². The molecule has 1 aromatic rings. The van der Waals surface area contributed by atoms with Crippen LogP contribution in [0.2, 0.25) is 5.28 Å². The molecule has 0 atom stereocenters. The van der Waals surface area contributed by atoms with Crippen LogP contribution in [0.4, 0.5) is 5.95 Å². The van der Waals surface area contributed by atoms with E-state index in [4.69, 9.17) is 16.3 Å². The Hall–Kier alpha value is -1.14. The molecule has 6 nitrogen and oxygen atoms in total. The molecule has 0 saturated carbocycles. The van der Waals surface area contributed by atoms with Crippen molar-refractivity contribution in [3.8, 4) is 6.01 Å². The summed E-state index contributed by atoms with van der Waals surface area (Å²) >= 11 is 5.84. The van der Waals surface area contributed by atoms with Crippen LogP contribution >= 0.6 is 11.6 Å². The minimum atomic E-state index is 0.153. The van der Waals surface area contributed by atoms with Crippen molar-refractivity contribution in [2.75, 3.05) is 38.1 Å². The Morgan fingerprint density at radius 2 is 1.90 bits per heavy atom. The van der Waals surface area contributed by atoms with Crippen molar-refractivity contribution in [2.24, 2.45) is 0 Å². The van der Waals surface area contributed by atoms with Gasteiger partial charge in [-0.05, 0) is 44.5 Å². The van der Waals surface area contributed by atoms with E-state index < -0.39 is 0 Å². The summed E-state index contributed by atoms with van der Waals surface area (Å²) < 4.78 is 5.24. The Balaban J connectivity index is 1.80. The quantitative estimate of drug-likeness (QED) is 0.869. The number of aromatic nitrogens is 3. The zero-order valence-corrected chi connectivity index (χ0v) is 12.7. The average molecular weight is 300 g/mol. The molecule has 0 aliphatic carbocycles. The summed E-state index contributed by atoms with van der Waals surface area (Å²) in [5, 5.41) is 3.34. The molecule has 0 unspecified atom stereocenters. The molecule has 0 aromatic carbocycles. The topological polar surface area (TPSA) is 63.2 Å². The molecule has 1 fully saturated rings. The highest BCUT2D eigenvalue weighted by Crippen LogP contribution is 2.12. The molecule has 1 aliphatic heterocycles. The third kappa shape index (κ3) is 5.09. The summed E-state index contributed by atoms with van der Waals surface area (Å²) in [5.74, 6) is 0.475. The molecule has 1 N–H and O–H groups in total.